The van der Waals surface area contributed by atoms with Crippen molar-refractivity contribution in [2.45, 2.75) is 13.0 Å². The van der Waals surface area contributed by atoms with Crippen LogP contribution in [0.3, 0.4) is 0 Å². The number of benzene rings is 2. The third-order valence-electron chi connectivity index (χ3n) is 2.96. The number of ether oxygens (including phenoxy) is 1. The molecule has 0 aliphatic rings. The first-order chi connectivity index (χ1) is 9.51. The second-order valence-electron chi connectivity index (χ2n) is 4.38. The van der Waals surface area contributed by atoms with Crippen molar-refractivity contribution in [3.8, 4) is 5.75 Å². The average Bonchev–Trinajstić information content (AvgIpc) is 2.40. The fourth-order valence-electron chi connectivity index (χ4n) is 1.95. The predicted molar refractivity (Wildman–Crippen MR) is 86.8 cm³/mol. The Morgan fingerprint density at radius 1 is 1.15 bits per heavy atom. The molecule has 0 bridgehead atoms. The lowest BCUT2D eigenvalue weighted by molar-refractivity contribution is 0.412. The first-order valence-electron chi connectivity index (χ1n) is 6.06. The van der Waals surface area contributed by atoms with Crippen LogP contribution in [0.4, 0.5) is 10.1 Å². The van der Waals surface area contributed by atoms with Gasteiger partial charge in [0.15, 0.2) is 0 Å². The topological polar surface area (TPSA) is 21.3 Å². The van der Waals surface area contributed by atoms with Gasteiger partial charge in [-0.1, -0.05) is 37.9 Å². The molecule has 0 saturated heterocycles. The van der Waals surface area contributed by atoms with E-state index in [2.05, 4.69) is 37.2 Å². The maximum atomic E-state index is 13.2. The third-order valence-corrected chi connectivity index (χ3v) is 4.14. The lowest BCUT2D eigenvalue weighted by atomic mass is 10.1. The lowest BCUT2D eigenvalue weighted by Gasteiger charge is -2.19. The van der Waals surface area contributed by atoms with Crippen LogP contribution in [-0.4, -0.2) is 7.11 Å². The Hall–Kier alpha value is -1.07. The number of anilines is 1. The summed E-state index contributed by atoms with van der Waals surface area (Å²) in [7, 11) is 1.53. The summed E-state index contributed by atoms with van der Waals surface area (Å²) in [5.41, 5.74) is 1.87. The molecule has 5 heteroatoms. The minimum absolute atomic E-state index is 0.0526. The molecule has 0 saturated carbocycles. The Morgan fingerprint density at radius 3 is 2.55 bits per heavy atom. The van der Waals surface area contributed by atoms with Gasteiger partial charge in [0.05, 0.1) is 12.8 Å². The number of halogens is 3. The van der Waals surface area contributed by atoms with Gasteiger partial charge in [0.1, 0.15) is 11.6 Å². The highest BCUT2D eigenvalue weighted by atomic mass is 79.9. The number of hydrogen-bond donors (Lipinski definition) is 1. The van der Waals surface area contributed by atoms with Gasteiger partial charge in [-0.2, -0.15) is 0 Å². The summed E-state index contributed by atoms with van der Waals surface area (Å²) in [4.78, 5) is 0. The van der Waals surface area contributed by atoms with Crippen molar-refractivity contribution in [1.29, 1.82) is 0 Å². The van der Waals surface area contributed by atoms with E-state index in [0.29, 0.717) is 5.75 Å². The quantitative estimate of drug-likeness (QED) is 0.725. The van der Waals surface area contributed by atoms with Gasteiger partial charge < -0.3 is 10.1 Å². The molecule has 2 aromatic rings. The Labute approximate surface area is 134 Å². The van der Waals surface area contributed by atoms with E-state index in [1.165, 1.54) is 19.2 Å². The zero-order valence-corrected chi connectivity index (χ0v) is 14.3. The summed E-state index contributed by atoms with van der Waals surface area (Å²) in [5, 5.41) is 3.33. The third kappa shape index (κ3) is 3.52. The molecule has 0 spiro atoms. The first kappa shape index (κ1) is 15.3. The van der Waals surface area contributed by atoms with E-state index in [1.807, 2.05) is 25.1 Å². The van der Waals surface area contributed by atoms with Gasteiger partial charge in [0.2, 0.25) is 0 Å². The highest BCUT2D eigenvalue weighted by Crippen LogP contribution is 2.32. The standard InChI is InChI=1S/C15H14Br2FNO/c1-9(12-5-3-10(16)7-13(12)17)19-14-6-4-11(18)8-15(14)20-2/h3-9,19H,1-2H3. The molecule has 2 nitrogen and oxygen atoms in total. The molecule has 1 N–H and O–H groups in total. The van der Waals surface area contributed by atoms with Crippen molar-refractivity contribution in [3.63, 3.8) is 0 Å². The van der Waals surface area contributed by atoms with Crippen molar-refractivity contribution in [3.05, 3.63) is 56.7 Å². The fraction of sp³-hybridized carbons (Fsp3) is 0.200. The minimum atomic E-state index is -0.315. The Kier molecular flexibility index (Phi) is 5.05. The zero-order valence-electron chi connectivity index (χ0n) is 11.1. The summed E-state index contributed by atoms with van der Waals surface area (Å²) >= 11 is 6.98. The van der Waals surface area contributed by atoms with Gasteiger partial charge in [-0.3, -0.25) is 0 Å². The Morgan fingerprint density at radius 2 is 1.90 bits per heavy atom. The van der Waals surface area contributed by atoms with Gasteiger partial charge in [0, 0.05) is 21.1 Å². The minimum Gasteiger partial charge on any atom is -0.494 e. The molecule has 2 aromatic carbocycles. The van der Waals surface area contributed by atoms with Crippen molar-refractivity contribution >= 4 is 37.5 Å². The fourth-order valence-corrected chi connectivity index (χ4v) is 3.34. The monoisotopic (exact) mass is 401 g/mol. The van der Waals surface area contributed by atoms with Crippen LogP contribution in [-0.2, 0) is 0 Å². The van der Waals surface area contributed by atoms with Crippen LogP contribution < -0.4 is 10.1 Å². The smallest absolute Gasteiger partial charge is 0.144 e. The molecule has 1 atom stereocenters. The molecule has 2 rings (SSSR count). The van der Waals surface area contributed by atoms with E-state index in [1.54, 1.807) is 6.07 Å². The number of nitrogens with one attached hydrogen (secondary N) is 1. The van der Waals surface area contributed by atoms with Crippen molar-refractivity contribution < 1.29 is 9.13 Å². The molecule has 0 aromatic heterocycles. The van der Waals surface area contributed by atoms with E-state index < -0.39 is 0 Å². The van der Waals surface area contributed by atoms with Crippen molar-refractivity contribution in [2.24, 2.45) is 0 Å². The van der Waals surface area contributed by atoms with Crippen LogP contribution >= 0.6 is 31.9 Å². The molecule has 0 heterocycles. The lowest BCUT2D eigenvalue weighted by Crippen LogP contribution is -2.08. The van der Waals surface area contributed by atoms with E-state index in [9.17, 15) is 4.39 Å². The molecule has 0 fully saturated rings. The highest BCUT2D eigenvalue weighted by Gasteiger charge is 2.12. The normalized spacial score (nSPS) is 12.1. The molecule has 106 valence electrons. The predicted octanol–water partition coefficient (Wildman–Crippen LogP) is 5.53. The van der Waals surface area contributed by atoms with Gasteiger partial charge in [-0.25, -0.2) is 4.39 Å². The van der Waals surface area contributed by atoms with Gasteiger partial charge in [-0.15, -0.1) is 0 Å². The number of rotatable bonds is 4. The molecule has 0 amide bonds. The average molecular weight is 403 g/mol. The number of methoxy groups -OCH3 is 1. The van der Waals surface area contributed by atoms with E-state index in [0.717, 1.165) is 20.2 Å². The Bertz CT molecular complexity index is 619. The molecule has 0 radical (unpaired) electrons. The molecule has 0 aliphatic heterocycles. The highest BCUT2D eigenvalue weighted by molar-refractivity contribution is 9.11. The summed E-state index contributed by atoms with van der Waals surface area (Å²) in [6.07, 6.45) is 0. The van der Waals surface area contributed by atoms with Gasteiger partial charge >= 0.3 is 0 Å². The molecule has 1 unspecified atom stereocenters. The second-order valence-corrected chi connectivity index (χ2v) is 6.15. The second kappa shape index (κ2) is 6.59. The van der Waals surface area contributed by atoms with E-state index in [-0.39, 0.29) is 11.9 Å². The SMILES string of the molecule is COc1cc(F)ccc1NC(C)c1ccc(Br)cc1Br. The zero-order chi connectivity index (χ0) is 14.7. The maximum Gasteiger partial charge on any atom is 0.144 e. The van der Waals surface area contributed by atoms with E-state index >= 15 is 0 Å². The van der Waals surface area contributed by atoms with Gasteiger partial charge in [-0.05, 0) is 36.8 Å². The number of hydrogen-bond acceptors (Lipinski definition) is 2. The van der Waals surface area contributed by atoms with E-state index in [4.69, 9.17) is 4.74 Å². The van der Waals surface area contributed by atoms with Crippen LogP contribution in [0.5, 0.6) is 5.75 Å². The van der Waals surface area contributed by atoms with Crippen LogP contribution in [0, 0.1) is 5.82 Å². The van der Waals surface area contributed by atoms with Gasteiger partial charge in [0.25, 0.3) is 0 Å². The summed E-state index contributed by atoms with van der Waals surface area (Å²) in [6.45, 7) is 2.04. The largest absolute Gasteiger partial charge is 0.494 e. The molecule has 20 heavy (non-hydrogen) atoms. The van der Waals surface area contributed by atoms with Crippen LogP contribution in [0.2, 0.25) is 0 Å². The molecular formula is C15H14Br2FNO. The first-order valence-corrected chi connectivity index (χ1v) is 7.65. The van der Waals surface area contributed by atoms with Crippen molar-refractivity contribution in [2.75, 3.05) is 12.4 Å². The van der Waals surface area contributed by atoms with Crippen LogP contribution in [0.1, 0.15) is 18.5 Å². The maximum absolute atomic E-state index is 13.2. The van der Waals surface area contributed by atoms with Crippen LogP contribution in [0.15, 0.2) is 45.3 Å². The van der Waals surface area contributed by atoms with Crippen LogP contribution in [0.25, 0.3) is 0 Å². The Balaban J connectivity index is 2.25. The molecular weight excluding hydrogens is 389 g/mol. The summed E-state index contributed by atoms with van der Waals surface area (Å²) in [5.74, 6) is 0.176. The summed E-state index contributed by atoms with van der Waals surface area (Å²) in [6, 6.07) is 10.5. The summed E-state index contributed by atoms with van der Waals surface area (Å²) < 4.78 is 20.4. The molecule has 0 aliphatic carbocycles. The van der Waals surface area contributed by atoms with Crippen molar-refractivity contribution in [1.82, 2.24) is 0 Å².